The lowest BCUT2D eigenvalue weighted by Gasteiger charge is -2.21. The first-order chi connectivity index (χ1) is 9.88. The van der Waals surface area contributed by atoms with Crippen LogP contribution in [0, 0.1) is 0 Å². The number of hydrogen-bond donors (Lipinski definition) is 2. The van der Waals surface area contributed by atoms with Gasteiger partial charge in [-0.25, -0.2) is 0 Å². The van der Waals surface area contributed by atoms with Gasteiger partial charge in [0.1, 0.15) is 5.75 Å². The SMILES string of the molecule is CCC(CC)NC(=O)C(C)Oc1ccc(Cl)cc1[C@H](C)O. The molecule has 2 N–H and O–H groups in total. The van der Waals surface area contributed by atoms with Crippen LogP contribution in [0.3, 0.4) is 0 Å². The van der Waals surface area contributed by atoms with Crippen molar-refractivity contribution < 1.29 is 14.6 Å². The molecule has 1 unspecified atom stereocenters. The molecule has 1 aromatic carbocycles. The quantitative estimate of drug-likeness (QED) is 0.810. The van der Waals surface area contributed by atoms with Crippen molar-refractivity contribution in [2.45, 2.75) is 58.8 Å². The van der Waals surface area contributed by atoms with E-state index in [1.54, 1.807) is 32.0 Å². The van der Waals surface area contributed by atoms with Crippen LogP contribution in [0.5, 0.6) is 5.75 Å². The molecule has 0 spiro atoms. The van der Waals surface area contributed by atoms with Crippen molar-refractivity contribution in [1.29, 1.82) is 0 Å². The molecular weight excluding hydrogens is 290 g/mol. The number of halogens is 1. The summed E-state index contributed by atoms with van der Waals surface area (Å²) < 4.78 is 5.68. The smallest absolute Gasteiger partial charge is 0.260 e. The van der Waals surface area contributed by atoms with Gasteiger partial charge in [-0.1, -0.05) is 25.4 Å². The summed E-state index contributed by atoms with van der Waals surface area (Å²) in [7, 11) is 0. The number of aliphatic hydroxyl groups excluding tert-OH is 1. The van der Waals surface area contributed by atoms with E-state index in [1.165, 1.54) is 0 Å². The molecular formula is C16H24ClNO3. The first kappa shape index (κ1) is 17.8. The van der Waals surface area contributed by atoms with Crippen LogP contribution in [0.25, 0.3) is 0 Å². The fourth-order valence-corrected chi connectivity index (χ4v) is 2.19. The highest BCUT2D eigenvalue weighted by atomic mass is 35.5. The highest BCUT2D eigenvalue weighted by molar-refractivity contribution is 6.30. The van der Waals surface area contributed by atoms with Gasteiger partial charge in [0.2, 0.25) is 0 Å². The standard InChI is InChI=1S/C16H24ClNO3/c1-5-13(6-2)18-16(20)11(4)21-15-8-7-12(17)9-14(15)10(3)19/h7-11,13,19H,5-6H2,1-4H3,(H,18,20)/t10-,11?/m0/s1. The number of carbonyl (C=O) groups is 1. The summed E-state index contributed by atoms with van der Waals surface area (Å²) in [6, 6.07) is 5.15. The second-order valence-electron chi connectivity index (χ2n) is 5.14. The van der Waals surface area contributed by atoms with Gasteiger partial charge in [0, 0.05) is 16.6 Å². The van der Waals surface area contributed by atoms with E-state index in [4.69, 9.17) is 16.3 Å². The average Bonchev–Trinajstić information content (AvgIpc) is 2.45. The minimum absolute atomic E-state index is 0.157. The van der Waals surface area contributed by atoms with Gasteiger partial charge in [0.25, 0.3) is 5.91 Å². The van der Waals surface area contributed by atoms with Crippen LogP contribution in [0.1, 0.15) is 52.2 Å². The average molecular weight is 314 g/mol. The van der Waals surface area contributed by atoms with Crippen LogP contribution in [-0.2, 0) is 4.79 Å². The molecule has 2 atom stereocenters. The Morgan fingerprint density at radius 2 is 1.95 bits per heavy atom. The molecule has 0 saturated carbocycles. The molecule has 118 valence electrons. The predicted molar refractivity (Wildman–Crippen MR) is 84.7 cm³/mol. The molecule has 1 aromatic rings. The number of nitrogens with one attached hydrogen (secondary N) is 1. The van der Waals surface area contributed by atoms with Gasteiger partial charge in [-0.05, 0) is 44.9 Å². The number of ether oxygens (including phenoxy) is 1. The van der Waals surface area contributed by atoms with Gasteiger partial charge in [0.05, 0.1) is 6.10 Å². The molecule has 0 heterocycles. The van der Waals surface area contributed by atoms with E-state index in [-0.39, 0.29) is 11.9 Å². The Labute approximate surface area is 131 Å². The summed E-state index contributed by atoms with van der Waals surface area (Å²) in [6.07, 6.45) is 0.418. The topological polar surface area (TPSA) is 58.6 Å². The van der Waals surface area contributed by atoms with Crippen LogP contribution < -0.4 is 10.1 Å². The maximum Gasteiger partial charge on any atom is 0.260 e. The molecule has 5 heteroatoms. The number of carbonyl (C=O) groups excluding carboxylic acids is 1. The van der Waals surface area contributed by atoms with Crippen molar-refractivity contribution in [3.05, 3.63) is 28.8 Å². The Morgan fingerprint density at radius 1 is 1.33 bits per heavy atom. The molecule has 4 nitrogen and oxygen atoms in total. The number of hydrogen-bond acceptors (Lipinski definition) is 3. The molecule has 0 radical (unpaired) electrons. The molecule has 0 aliphatic carbocycles. The van der Waals surface area contributed by atoms with E-state index in [1.807, 2.05) is 13.8 Å². The van der Waals surface area contributed by atoms with E-state index in [0.717, 1.165) is 12.8 Å². The lowest BCUT2D eigenvalue weighted by atomic mass is 10.1. The van der Waals surface area contributed by atoms with Gasteiger partial charge in [-0.2, -0.15) is 0 Å². The third-order valence-electron chi connectivity index (χ3n) is 3.43. The molecule has 21 heavy (non-hydrogen) atoms. The lowest BCUT2D eigenvalue weighted by Crippen LogP contribution is -2.42. The minimum atomic E-state index is -0.715. The van der Waals surface area contributed by atoms with Crippen molar-refractivity contribution in [2.24, 2.45) is 0 Å². The number of benzene rings is 1. The summed E-state index contributed by atoms with van der Waals surface area (Å²) in [5.41, 5.74) is 0.574. The van der Waals surface area contributed by atoms with Gasteiger partial charge >= 0.3 is 0 Å². The van der Waals surface area contributed by atoms with Crippen molar-refractivity contribution >= 4 is 17.5 Å². The van der Waals surface area contributed by atoms with Crippen LogP contribution in [0.15, 0.2) is 18.2 Å². The van der Waals surface area contributed by atoms with Crippen molar-refractivity contribution in [1.82, 2.24) is 5.32 Å². The predicted octanol–water partition coefficient (Wildman–Crippen LogP) is 3.47. The van der Waals surface area contributed by atoms with E-state index in [2.05, 4.69) is 5.32 Å². The fourth-order valence-electron chi connectivity index (χ4n) is 2.01. The van der Waals surface area contributed by atoms with E-state index in [0.29, 0.717) is 16.3 Å². The lowest BCUT2D eigenvalue weighted by molar-refractivity contribution is -0.128. The monoisotopic (exact) mass is 313 g/mol. The highest BCUT2D eigenvalue weighted by Crippen LogP contribution is 2.29. The molecule has 0 fully saturated rings. The van der Waals surface area contributed by atoms with E-state index >= 15 is 0 Å². The largest absolute Gasteiger partial charge is 0.481 e. The van der Waals surface area contributed by atoms with Crippen LogP contribution in [0.2, 0.25) is 5.02 Å². The van der Waals surface area contributed by atoms with Crippen molar-refractivity contribution in [2.75, 3.05) is 0 Å². The first-order valence-corrected chi connectivity index (χ1v) is 7.71. The summed E-state index contributed by atoms with van der Waals surface area (Å²) in [5, 5.41) is 13.2. The van der Waals surface area contributed by atoms with E-state index < -0.39 is 12.2 Å². The zero-order chi connectivity index (χ0) is 16.0. The fraction of sp³-hybridized carbons (Fsp3) is 0.562. The maximum absolute atomic E-state index is 12.1. The summed E-state index contributed by atoms with van der Waals surface area (Å²) in [5.74, 6) is 0.316. The summed E-state index contributed by atoms with van der Waals surface area (Å²) in [4.78, 5) is 12.1. The summed E-state index contributed by atoms with van der Waals surface area (Å²) in [6.45, 7) is 7.39. The molecule has 0 aromatic heterocycles. The molecule has 1 amide bonds. The summed E-state index contributed by atoms with van der Waals surface area (Å²) >= 11 is 5.92. The Balaban J connectivity index is 2.78. The Hall–Kier alpha value is -1.26. The van der Waals surface area contributed by atoms with Crippen molar-refractivity contribution in [3.8, 4) is 5.75 Å². The Morgan fingerprint density at radius 3 is 2.48 bits per heavy atom. The second-order valence-corrected chi connectivity index (χ2v) is 5.58. The Kier molecular flexibility index (Phi) is 6.99. The van der Waals surface area contributed by atoms with Gasteiger partial charge < -0.3 is 15.2 Å². The molecule has 0 bridgehead atoms. The normalized spacial score (nSPS) is 13.9. The number of rotatable bonds is 7. The molecule has 1 rings (SSSR count). The zero-order valence-corrected chi connectivity index (χ0v) is 13.8. The third kappa shape index (κ3) is 5.21. The first-order valence-electron chi connectivity index (χ1n) is 7.33. The zero-order valence-electron chi connectivity index (χ0n) is 13.0. The second kappa shape index (κ2) is 8.25. The molecule has 0 saturated heterocycles. The maximum atomic E-state index is 12.1. The van der Waals surface area contributed by atoms with Gasteiger partial charge in [0.15, 0.2) is 6.10 Å². The molecule has 0 aliphatic heterocycles. The number of aliphatic hydroxyl groups is 1. The third-order valence-corrected chi connectivity index (χ3v) is 3.66. The van der Waals surface area contributed by atoms with Crippen molar-refractivity contribution in [3.63, 3.8) is 0 Å². The van der Waals surface area contributed by atoms with Crippen LogP contribution in [0.4, 0.5) is 0 Å². The van der Waals surface area contributed by atoms with Crippen LogP contribution >= 0.6 is 11.6 Å². The van der Waals surface area contributed by atoms with E-state index in [9.17, 15) is 9.90 Å². The number of amides is 1. The highest BCUT2D eigenvalue weighted by Gasteiger charge is 2.19. The van der Waals surface area contributed by atoms with Crippen LogP contribution in [-0.4, -0.2) is 23.2 Å². The molecule has 0 aliphatic rings. The van der Waals surface area contributed by atoms with Gasteiger partial charge in [-0.15, -0.1) is 0 Å². The minimum Gasteiger partial charge on any atom is -0.481 e. The Bertz CT molecular complexity index is 473. The van der Waals surface area contributed by atoms with Gasteiger partial charge in [-0.3, -0.25) is 4.79 Å².